The largest absolute Gasteiger partial charge is 0.486 e. The van der Waals surface area contributed by atoms with Crippen molar-refractivity contribution >= 4 is 11.9 Å². The number of carbonyl (C=O) groups is 2. The van der Waals surface area contributed by atoms with Crippen LogP contribution in [0.3, 0.4) is 0 Å². The molecule has 2 aromatic rings. The zero-order valence-electron chi connectivity index (χ0n) is 34.0. The summed E-state index contributed by atoms with van der Waals surface area (Å²) < 4.78 is 41.8. The fourth-order valence-corrected chi connectivity index (χ4v) is 15.2. The van der Waals surface area contributed by atoms with E-state index in [1.54, 1.807) is 0 Å². The molecule has 290 valence electrons. The van der Waals surface area contributed by atoms with Gasteiger partial charge in [0.05, 0.1) is 0 Å². The molecule has 2 aromatic carbocycles. The highest BCUT2D eigenvalue weighted by Gasteiger charge is 2.69. The van der Waals surface area contributed by atoms with Crippen molar-refractivity contribution in [2.24, 2.45) is 45.3 Å². The third-order valence-electron chi connectivity index (χ3n) is 16.8. The van der Waals surface area contributed by atoms with Crippen LogP contribution in [0.25, 0.3) is 11.1 Å². The number of ether oxygens (including phenoxy) is 6. The molecule has 0 unspecified atom stereocenters. The van der Waals surface area contributed by atoms with Crippen LogP contribution in [0.2, 0.25) is 0 Å². The monoisotopic (exact) mass is 738 g/mol. The van der Waals surface area contributed by atoms with Crippen molar-refractivity contribution in [1.82, 2.24) is 0 Å². The molecule has 4 aliphatic heterocycles. The molecule has 8 aliphatic rings. The normalized spacial score (nSPS) is 40.6. The summed E-state index contributed by atoms with van der Waals surface area (Å²) in [5.41, 5.74) is 2.70. The summed E-state index contributed by atoms with van der Waals surface area (Å²) in [6, 6.07) is 3.79. The topological polar surface area (TPSA) is 89.5 Å². The lowest BCUT2D eigenvalue weighted by atomic mass is 9.43. The average Bonchev–Trinajstić information content (AvgIpc) is 3.04. The maximum absolute atomic E-state index is 12.9. The van der Waals surface area contributed by atoms with E-state index in [1.807, 2.05) is 12.1 Å². The summed E-state index contributed by atoms with van der Waals surface area (Å²) in [5, 5.41) is 0. The molecule has 54 heavy (non-hydrogen) atoms. The first kappa shape index (κ1) is 35.0. The van der Waals surface area contributed by atoms with Gasteiger partial charge in [0.15, 0.2) is 23.0 Å². The van der Waals surface area contributed by atoms with Crippen LogP contribution in [0.4, 0.5) is 0 Å². The van der Waals surface area contributed by atoms with E-state index < -0.39 is 35.3 Å². The minimum absolute atomic E-state index is 0.00797. The standard InChI is InChI=1S/C46H58O8/c1-23(47)49-27-21-25-31-33-34-32-26(54-46(10)20-14-29-41(3,4)15-11-17-43(29,7)39(46)37(32)51-35(27)33)22-28(50-24(2)48)36(34)52-38(31)40-44(8)18-12-16-42(5,6)30(44)13-19-45(40,9)53-25/h21-22,29-30,37-40H,11-20H2,1-10H3/t29-,30-,37+,38+,39+,40+,43-,44-,45-,46-/m0/s1. The van der Waals surface area contributed by atoms with E-state index in [0.717, 1.165) is 73.6 Å². The van der Waals surface area contributed by atoms with Gasteiger partial charge in [0, 0.05) is 60.1 Å². The van der Waals surface area contributed by atoms with Gasteiger partial charge in [-0.25, -0.2) is 0 Å². The van der Waals surface area contributed by atoms with Gasteiger partial charge in [-0.15, -0.1) is 0 Å². The van der Waals surface area contributed by atoms with Crippen LogP contribution < -0.4 is 28.4 Å². The van der Waals surface area contributed by atoms with E-state index >= 15 is 0 Å². The Hall–Kier alpha value is -3.42. The van der Waals surface area contributed by atoms with Gasteiger partial charge in [-0.1, -0.05) is 54.4 Å². The van der Waals surface area contributed by atoms with Gasteiger partial charge in [0.1, 0.15) is 34.9 Å². The molecule has 4 heterocycles. The molecule has 0 N–H and O–H groups in total. The Morgan fingerprint density at radius 1 is 0.593 bits per heavy atom. The quantitative estimate of drug-likeness (QED) is 0.222. The molecule has 4 fully saturated rings. The second-order valence-electron chi connectivity index (χ2n) is 20.9. The van der Waals surface area contributed by atoms with Gasteiger partial charge in [-0.3, -0.25) is 9.59 Å². The van der Waals surface area contributed by atoms with E-state index in [9.17, 15) is 9.59 Å². The van der Waals surface area contributed by atoms with Crippen molar-refractivity contribution in [2.75, 3.05) is 0 Å². The van der Waals surface area contributed by atoms with Crippen LogP contribution in [-0.4, -0.2) is 23.1 Å². The summed E-state index contributed by atoms with van der Waals surface area (Å²) in [5.74, 6) is 3.35. The number of fused-ring (bicyclic) bond motifs is 8. The van der Waals surface area contributed by atoms with E-state index in [2.05, 4.69) is 55.4 Å². The highest BCUT2D eigenvalue weighted by Crippen LogP contribution is 2.75. The third kappa shape index (κ3) is 4.37. The Bertz CT molecular complexity index is 1890. The second-order valence-corrected chi connectivity index (χ2v) is 20.9. The molecular formula is C46H58O8. The lowest BCUT2D eigenvalue weighted by Gasteiger charge is -2.66. The lowest BCUT2D eigenvalue weighted by molar-refractivity contribution is -0.201. The van der Waals surface area contributed by atoms with E-state index in [1.165, 1.54) is 26.7 Å². The van der Waals surface area contributed by atoms with Crippen molar-refractivity contribution in [3.63, 3.8) is 0 Å². The predicted octanol–water partition coefficient (Wildman–Crippen LogP) is 10.9. The number of benzene rings is 2. The maximum Gasteiger partial charge on any atom is 0.308 e. The molecule has 10 atom stereocenters. The van der Waals surface area contributed by atoms with Crippen LogP contribution in [0.5, 0.6) is 34.5 Å². The van der Waals surface area contributed by atoms with Crippen LogP contribution in [0.15, 0.2) is 12.1 Å². The minimum Gasteiger partial charge on any atom is -0.486 e. The number of rotatable bonds is 2. The van der Waals surface area contributed by atoms with Gasteiger partial charge in [-0.2, -0.15) is 0 Å². The summed E-state index contributed by atoms with van der Waals surface area (Å²) in [6.07, 6.45) is 10.0. The number of hydrogen-bond acceptors (Lipinski definition) is 8. The van der Waals surface area contributed by atoms with Crippen LogP contribution in [0, 0.1) is 45.3 Å². The van der Waals surface area contributed by atoms with E-state index in [-0.39, 0.29) is 33.5 Å². The Kier molecular flexibility index (Phi) is 6.94. The first-order valence-corrected chi connectivity index (χ1v) is 20.8. The summed E-state index contributed by atoms with van der Waals surface area (Å²) in [7, 11) is 0. The van der Waals surface area contributed by atoms with Crippen LogP contribution >= 0.6 is 0 Å². The van der Waals surface area contributed by atoms with Gasteiger partial charge in [0.2, 0.25) is 0 Å². The smallest absolute Gasteiger partial charge is 0.308 e. The van der Waals surface area contributed by atoms with Crippen molar-refractivity contribution in [3.8, 4) is 45.6 Å². The maximum atomic E-state index is 12.9. The molecule has 0 radical (unpaired) electrons. The Morgan fingerprint density at radius 3 is 1.35 bits per heavy atom. The highest BCUT2D eigenvalue weighted by atomic mass is 16.6. The average molecular weight is 739 g/mol. The third-order valence-corrected chi connectivity index (χ3v) is 16.8. The molecule has 0 spiro atoms. The minimum atomic E-state index is -0.534. The molecule has 0 saturated heterocycles. The fraction of sp³-hybridized carbons (Fsp3) is 0.696. The molecule has 0 aromatic heterocycles. The number of carbonyl (C=O) groups excluding carboxylic acids is 2. The number of esters is 2. The summed E-state index contributed by atoms with van der Waals surface area (Å²) >= 11 is 0. The van der Waals surface area contributed by atoms with E-state index in [4.69, 9.17) is 28.4 Å². The van der Waals surface area contributed by atoms with Crippen molar-refractivity contribution < 1.29 is 38.0 Å². The van der Waals surface area contributed by atoms with Gasteiger partial charge >= 0.3 is 11.9 Å². The molecule has 4 saturated carbocycles. The van der Waals surface area contributed by atoms with Crippen LogP contribution in [0.1, 0.15) is 157 Å². The SMILES string of the molecule is CC(=O)Oc1cc2c3c4c1O[C@@H]1c5c(cc(OC(C)=O)c(c5-4)O[C@H]3[C@@H]3[C@@]4(C)CCCC(C)(C)[C@@H]4CC[C@]3(C)O2)O[C@@]2(C)CC[C@H]3C(C)(C)CCC[C@]3(C)[C@@H]12. The molecule has 0 amide bonds. The highest BCUT2D eigenvalue weighted by molar-refractivity contribution is 5.93. The van der Waals surface area contributed by atoms with Crippen molar-refractivity contribution in [2.45, 2.75) is 157 Å². The first-order valence-electron chi connectivity index (χ1n) is 20.8. The molecule has 4 aliphatic carbocycles. The predicted molar refractivity (Wildman–Crippen MR) is 203 cm³/mol. The molecule has 10 rings (SSSR count). The first-order chi connectivity index (χ1) is 25.3. The second kappa shape index (κ2) is 10.7. The Morgan fingerprint density at radius 2 is 0.981 bits per heavy atom. The molecular weight excluding hydrogens is 680 g/mol. The Labute approximate surface area is 320 Å². The van der Waals surface area contributed by atoms with Crippen molar-refractivity contribution in [3.05, 3.63) is 23.3 Å². The van der Waals surface area contributed by atoms with Gasteiger partial charge in [-0.05, 0) is 98.7 Å². The zero-order chi connectivity index (χ0) is 38.1. The summed E-state index contributed by atoms with van der Waals surface area (Å²) in [4.78, 5) is 25.8. The van der Waals surface area contributed by atoms with Crippen LogP contribution in [-0.2, 0) is 9.59 Å². The van der Waals surface area contributed by atoms with Gasteiger partial charge in [0.25, 0.3) is 0 Å². The number of hydrogen-bond donors (Lipinski definition) is 0. The zero-order valence-corrected chi connectivity index (χ0v) is 34.0. The Balaban J connectivity index is 1.25. The molecule has 8 nitrogen and oxygen atoms in total. The molecule has 8 heteroatoms. The van der Waals surface area contributed by atoms with E-state index in [0.29, 0.717) is 46.3 Å². The fourth-order valence-electron chi connectivity index (χ4n) is 15.2. The van der Waals surface area contributed by atoms with Gasteiger partial charge < -0.3 is 28.4 Å². The lowest BCUT2D eigenvalue weighted by Crippen LogP contribution is -2.64. The van der Waals surface area contributed by atoms with Crippen molar-refractivity contribution in [1.29, 1.82) is 0 Å². The summed E-state index contributed by atoms with van der Waals surface area (Å²) in [6.45, 7) is 22.1. The molecule has 0 bridgehead atoms.